The van der Waals surface area contributed by atoms with Crippen molar-refractivity contribution in [1.82, 2.24) is 4.90 Å². The van der Waals surface area contributed by atoms with E-state index in [0.29, 0.717) is 68.4 Å². The third-order valence-electron chi connectivity index (χ3n) is 5.46. The predicted octanol–water partition coefficient (Wildman–Crippen LogP) is 3.34. The molecule has 0 bridgehead atoms. The minimum Gasteiger partial charge on any atom is -0.486 e. The Balaban J connectivity index is 1.38. The summed E-state index contributed by atoms with van der Waals surface area (Å²) in [6.07, 6.45) is 1.33. The Bertz CT molecular complexity index is 902. The summed E-state index contributed by atoms with van der Waals surface area (Å²) in [4.78, 5) is 27.6. The van der Waals surface area contributed by atoms with E-state index < -0.39 is 0 Å². The Kier molecular flexibility index (Phi) is 5.81. The van der Waals surface area contributed by atoms with Crippen LogP contribution in [0.25, 0.3) is 0 Å². The largest absolute Gasteiger partial charge is 0.486 e. The molecule has 152 valence electrons. The van der Waals surface area contributed by atoms with Crippen LogP contribution in [-0.4, -0.2) is 50.0 Å². The summed E-state index contributed by atoms with van der Waals surface area (Å²) in [6.45, 7) is 2.66. The maximum Gasteiger partial charge on any atom is 0.253 e. The van der Waals surface area contributed by atoms with E-state index >= 15 is 0 Å². The molecule has 1 fully saturated rings. The van der Waals surface area contributed by atoms with Gasteiger partial charge in [-0.25, -0.2) is 0 Å². The Hall–Kier alpha value is -2.86. The molecule has 1 amide bonds. The number of nitrogens with zero attached hydrogens (tertiary/aromatic N) is 1. The van der Waals surface area contributed by atoms with Crippen LogP contribution in [0.1, 0.15) is 39.1 Å². The molecular weight excluding hydrogens is 370 g/mol. The average Bonchev–Trinajstić information content (AvgIpc) is 2.78. The molecule has 0 spiro atoms. The van der Waals surface area contributed by atoms with Crippen LogP contribution in [0.15, 0.2) is 42.5 Å². The van der Waals surface area contributed by atoms with Gasteiger partial charge in [-0.3, -0.25) is 9.59 Å². The second kappa shape index (κ2) is 8.66. The second-order valence-electron chi connectivity index (χ2n) is 7.42. The van der Waals surface area contributed by atoms with Crippen LogP contribution >= 0.6 is 0 Å². The Morgan fingerprint density at radius 1 is 1.00 bits per heavy atom. The first kappa shape index (κ1) is 19.5. The molecule has 2 aliphatic rings. The van der Waals surface area contributed by atoms with E-state index in [2.05, 4.69) is 0 Å². The third kappa shape index (κ3) is 4.27. The summed E-state index contributed by atoms with van der Waals surface area (Å²) in [5.41, 5.74) is 2.28. The first-order valence-corrected chi connectivity index (χ1v) is 9.96. The summed E-state index contributed by atoms with van der Waals surface area (Å²) in [7, 11) is 1.64. The number of piperidine rings is 1. The van der Waals surface area contributed by atoms with Crippen molar-refractivity contribution in [3.63, 3.8) is 0 Å². The number of methoxy groups -OCH3 is 1. The van der Waals surface area contributed by atoms with Crippen molar-refractivity contribution in [3.05, 3.63) is 59.2 Å². The van der Waals surface area contributed by atoms with E-state index in [1.54, 1.807) is 25.3 Å². The fourth-order valence-corrected chi connectivity index (χ4v) is 3.92. The van der Waals surface area contributed by atoms with Crippen molar-refractivity contribution < 1.29 is 23.8 Å². The second-order valence-corrected chi connectivity index (χ2v) is 7.42. The van der Waals surface area contributed by atoms with Crippen LogP contribution in [0, 0.1) is 5.92 Å². The van der Waals surface area contributed by atoms with E-state index in [4.69, 9.17) is 14.2 Å². The van der Waals surface area contributed by atoms with Crippen molar-refractivity contribution in [1.29, 1.82) is 0 Å². The lowest BCUT2D eigenvalue weighted by Gasteiger charge is -2.31. The first-order valence-electron chi connectivity index (χ1n) is 9.96. The Morgan fingerprint density at radius 3 is 2.52 bits per heavy atom. The van der Waals surface area contributed by atoms with Gasteiger partial charge in [-0.05, 0) is 48.7 Å². The SMILES string of the molecule is COCc1cccc(C(=O)N2CCC(C(=O)c3ccc4c(c3)OCCO4)CC2)c1. The van der Waals surface area contributed by atoms with E-state index in [1.807, 2.05) is 29.2 Å². The third-order valence-corrected chi connectivity index (χ3v) is 5.46. The molecule has 2 heterocycles. The van der Waals surface area contributed by atoms with Gasteiger partial charge in [0.15, 0.2) is 17.3 Å². The first-order chi connectivity index (χ1) is 14.2. The highest BCUT2D eigenvalue weighted by atomic mass is 16.6. The Labute approximate surface area is 170 Å². The predicted molar refractivity (Wildman–Crippen MR) is 108 cm³/mol. The number of likely N-dealkylation sites (tertiary alicyclic amines) is 1. The number of hydrogen-bond acceptors (Lipinski definition) is 5. The molecule has 2 aromatic rings. The van der Waals surface area contributed by atoms with Gasteiger partial charge in [-0.2, -0.15) is 0 Å². The molecular formula is C23H25NO5. The van der Waals surface area contributed by atoms with Crippen molar-refractivity contribution in [2.24, 2.45) is 5.92 Å². The highest BCUT2D eigenvalue weighted by Gasteiger charge is 2.29. The molecule has 2 aliphatic heterocycles. The smallest absolute Gasteiger partial charge is 0.253 e. The van der Waals surface area contributed by atoms with Crippen molar-refractivity contribution >= 4 is 11.7 Å². The van der Waals surface area contributed by atoms with Crippen LogP contribution in [0.4, 0.5) is 0 Å². The molecule has 6 heteroatoms. The van der Waals surface area contributed by atoms with Gasteiger partial charge in [0.2, 0.25) is 0 Å². The van der Waals surface area contributed by atoms with Gasteiger partial charge in [-0.1, -0.05) is 12.1 Å². The van der Waals surface area contributed by atoms with Gasteiger partial charge in [0.05, 0.1) is 6.61 Å². The zero-order chi connectivity index (χ0) is 20.2. The normalized spacial score (nSPS) is 16.5. The molecule has 1 saturated heterocycles. The van der Waals surface area contributed by atoms with Gasteiger partial charge in [-0.15, -0.1) is 0 Å². The maximum absolute atomic E-state index is 12.9. The highest BCUT2D eigenvalue weighted by Crippen LogP contribution is 2.32. The molecule has 0 saturated carbocycles. The molecule has 29 heavy (non-hydrogen) atoms. The molecule has 2 aromatic carbocycles. The van der Waals surface area contributed by atoms with Gasteiger partial charge >= 0.3 is 0 Å². The minimum absolute atomic E-state index is 0.00758. The number of amides is 1. The molecule has 4 rings (SSSR count). The zero-order valence-electron chi connectivity index (χ0n) is 16.6. The van der Waals surface area contributed by atoms with Crippen LogP contribution in [-0.2, 0) is 11.3 Å². The number of carbonyl (C=O) groups excluding carboxylic acids is 2. The van der Waals surface area contributed by atoms with Crippen LogP contribution < -0.4 is 9.47 Å². The summed E-state index contributed by atoms with van der Waals surface area (Å²) < 4.78 is 16.3. The molecule has 6 nitrogen and oxygen atoms in total. The molecule has 0 N–H and O–H groups in total. The van der Waals surface area contributed by atoms with Crippen molar-refractivity contribution in [3.8, 4) is 11.5 Å². The lowest BCUT2D eigenvalue weighted by Crippen LogP contribution is -2.40. The van der Waals surface area contributed by atoms with E-state index in [0.717, 1.165) is 5.56 Å². The Morgan fingerprint density at radius 2 is 1.76 bits per heavy atom. The molecule has 0 aromatic heterocycles. The van der Waals surface area contributed by atoms with Gasteiger partial charge in [0, 0.05) is 37.2 Å². The van der Waals surface area contributed by atoms with Gasteiger partial charge < -0.3 is 19.1 Å². The molecule has 0 atom stereocenters. The molecule has 0 aliphatic carbocycles. The van der Waals surface area contributed by atoms with Gasteiger partial charge in [0.1, 0.15) is 13.2 Å². The van der Waals surface area contributed by atoms with Crippen LogP contribution in [0.5, 0.6) is 11.5 Å². The summed E-state index contributed by atoms with van der Waals surface area (Å²) in [5.74, 6) is 1.35. The van der Waals surface area contributed by atoms with Crippen molar-refractivity contribution in [2.75, 3.05) is 33.4 Å². The standard InChI is InChI=1S/C23H25NO5/c1-27-15-16-3-2-4-19(13-16)23(26)24-9-7-17(8-10-24)22(25)18-5-6-20-21(14-18)29-12-11-28-20/h2-6,13-14,17H,7-12,15H2,1H3. The van der Waals surface area contributed by atoms with Crippen molar-refractivity contribution in [2.45, 2.75) is 19.4 Å². The van der Waals surface area contributed by atoms with E-state index in [-0.39, 0.29) is 17.6 Å². The van der Waals surface area contributed by atoms with E-state index in [1.165, 1.54) is 0 Å². The number of fused-ring (bicyclic) bond motifs is 1. The minimum atomic E-state index is -0.0820. The summed E-state index contributed by atoms with van der Waals surface area (Å²) in [5, 5.41) is 0. The fraction of sp³-hybridized carbons (Fsp3) is 0.391. The average molecular weight is 395 g/mol. The lowest BCUT2D eigenvalue weighted by molar-refractivity contribution is 0.0650. The number of benzene rings is 2. The van der Waals surface area contributed by atoms with Crippen LogP contribution in [0.2, 0.25) is 0 Å². The highest BCUT2D eigenvalue weighted by molar-refractivity contribution is 5.99. The summed E-state index contributed by atoms with van der Waals surface area (Å²) in [6, 6.07) is 12.9. The number of carbonyl (C=O) groups is 2. The number of Topliss-reactive ketones (excluding diaryl/α,β-unsaturated/α-hetero) is 1. The number of ether oxygens (including phenoxy) is 3. The molecule has 0 unspecified atom stereocenters. The zero-order valence-corrected chi connectivity index (χ0v) is 16.6. The number of rotatable bonds is 5. The van der Waals surface area contributed by atoms with Gasteiger partial charge in [0.25, 0.3) is 5.91 Å². The lowest BCUT2D eigenvalue weighted by atomic mass is 9.88. The quantitative estimate of drug-likeness (QED) is 0.727. The monoisotopic (exact) mass is 395 g/mol. The topological polar surface area (TPSA) is 65.1 Å². The summed E-state index contributed by atoms with van der Waals surface area (Å²) >= 11 is 0. The fourth-order valence-electron chi connectivity index (χ4n) is 3.92. The van der Waals surface area contributed by atoms with Crippen LogP contribution in [0.3, 0.4) is 0 Å². The van der Waals surface area contributed by atoms with E-state index in [9.17, 15) is 9.59 Å². The number of ketones is 1. The maximum atomic E-state index is 12.9. The molecule has 0 radical (unpaired) electrons. The number of hydrogen-bond donors (Lipinski definition) is 0.